The van der Waals surface area contributed by atoms with Gasteiger partial charge in [0.1, 0.15) is 12.4 Å². The number of hydrogen-bond acceptors (Lipinski definition) is 3. The van der Waals surface area contributed by atoms with Gasteiger partial charge in [-0.25, -0.2) is 4.98 Å². The molecular formula is C16H20N2O2. The average Bonchev–Trinajstić information content (AvgIpc) is 2.76. The Hall–Kier alpha value is -1.86. The van der Waals surface area contributed by atoms with Crippen LogP contribution in [0, 0.1) is 23.2 Å². The molecule has 1 fully saturated rings. The summed E-state index contributed by atoms with van der Waals surface area (Å²) in [5, 5.41) is 11.6. The molecule has 20 heavy (non-hydrogen) atoms. The second-order valence-corrected chi connectivity index (χ2v) is 5.81. The second kappa shape index (κ2) is 6.06. The molecule has 0 bridgehead atoms. The van der Waals surface area contributed by atoms with E-state index in [-0.39, 0.29) is 23.8 Å². The Kier molecular flexibility index (Phi) is 4.41. The van der Waals surface area contributed by atoms with Gasteiger partial charge < -0.3 is 10.4 Å². The Balaban J connectivity index is 2.08. The van der Waals surface area contributed by atoms with Crippen molar-refractivity contribution in [3.8, 4) is 11.8 Å². The van der Waals surface area contributed by atoms with Gasteiger partial charge in [-0.2, -0.15) is 0 Å². The van der Waals surface area contributed by atoms with Gasteiger partial charge in [0, 0.05) is 17.7 Å². The maximum absolute atomic E-state index is 12.3. The minimum absolute atomic E-state index is 0.0345. The number of rotatable bonds is 2. The van der Waals surface area contributed by atoms with E-state index in [1.54, 1.807) is 18.3 Å². The van der Waals surface area contributed by atoms with Crippen LogP contribution in [0.5, 0.6) is 0 Å². The van der Waals surface area contributed by atoms with Crippen molar-refractivity contribution in [3.05, 3.63) is 23.9 Å². The van der Waals surface area contributed by atoms with E-state index in [9.17, 15) is 4.79 Å². The summed E-state index contributed by atoms with van der Waals surface area (Å²) in [6, 6.07) is 3.47. The summed E-state index contributed by atoms with van der Waals surface area (Å²) in [5.74, 6) is 5.97. The Bertz CT molecular complexity index is 555. The van der Waals surface area contributed by atoms with Gasteiger partial charge in [-0.1, -0.05) is 32.1 Å². The highest BCUT2D eigenvalue weighted by molar-refractivity contribution is 5.92. The number of aliphatic hydroxyl groups is 1. The lowest BCUT2D eigenvalue weighted by Crippen LogP contribution is -2.31. The summed E-state index contributed by atoms with van der Waals surface area (Å²) in [4.78, 5) is 16.5. The van der Waals surface area contributed by atoms with Gasteiger partial charge in [-0.05, 0) is 30.4 Å². The molecule has 1 aromatic heterocycles. The van der Waals surface area contributed by atoms with Gasteiger partial charge in [-0.3, -0.25) is 4.79 Å². The molecule has 1 aliphatic carbocycles. The van der Waals surface area contributed by atoms with Crippen LogP contribution < -0.4 is 5.32 Å². The molecule has 0 aliphatic heterocycles. The molecule has 2 N–H and O–H groups in total. The summed E-state index contributed by atoms with van der Waals surface area (Å²) in [5.41, 5.74) is 0.785. The van der Waals surface area contributed by atoms with Gasteiger partial charge in [0.15, 0.2) is 0 Å². The van der Waals surface area contributed by atoms with Crippen molar-refractivity contribution in [3.63, 3.8) is 0 Å². The molecule has 0 spiro atoms. The van der Waals surface area contributed by atoms with Gasteiger partial charge in [0.2, 0.25) is 5.91 Å². The van der Waals surface area contributed by atoms with Gasteiger partial charge in [0.05, 0.1) is 0 Å². The molecule has 0 saturated heterocycles. The minimum Gasteiger partial charge on any atom is -0.384 e. The first-order valence-corrected chi connectivity index (χ1v) is 6.89. The van der Waals surface area contributed by atoms with Crippen LogP contribution >= 0.6 is 0 Å². The number of hydrogen-bond donors (Lipinski definition) is 2. The molecule has 1 heterocycles. The summed E-state index contributed by atoms with van der Waals surface area (Å²) >= 11 is 0. The minimum atomic E-state index is -0.180. The topological polar surface area (TPSA) is 62.2 Å². The van der Waals surface area contributed by atoms with E-state index < -0.39 is 0 Å². The van der Waals surface area contributed by atoms with Crippen LogP contribution in [0.3, 0.4) is 0 Å². The number of anilines is 1. The molecule has 4 heteroatoms. The lowest BCUT2D eigenvalue weighted by atomic mass is 9.81. The third kappa shape index (κ3) is 3.37. The summed E-state index contributed by atoms with van der Waals surface area (Å²) < 4.78 is 0. The Labute approximate surface area is 119 Å². The van der Waals surface area contributed by atoms with Crippen LogP contribution in [-0.4, -0.2) is 22.6 Å². The molecule has 1 aliphatic rings. The van der Waals surface area contributed by atoms with Crippen LogP contribution in [0.1, 0.15) is 38.7 Å². The maximum Gasteiger partial charge on any atom is 0.229 e. The third-order valence-electron chi connectivity index (χ3n) is 3.90. The van der Waals surface area contributed by atoms with E-state index >= 15 is 0 Å². The first-order chi connectivity index (χ1) is 9.53. The quantitative estimate of drug-likeness (QED) is 0.811. The molecule has 0 aromatic carbocycles. The van der Waals surface area contributed by atoms with E-state index in [1.165, 1.54) is 0 Å². The molecule has 1 aromatic rings. The number of aromatic nitrogens is 1. The first kappa shape index (κ1) is 14.5. The Morgan fingerprint density at radius 2 is 2.40 bits per heavy atom. The van der Waals surface area contributed by atoms with E-state index in [2.05, 4.69) is 36.0 Å². The lowest BCUT2D eigenvalue weighted by molar-refractivity contribution is -0.122. The number of carbonyl (C=O) groups excluding carboxylic acids is 1. The molecule has 1 atom stereocenters. The maximum atomic E-state index is 12.3. The smallest absolute Gasteiger partial charge is 0.229 e. The molecule has 106 valence electrons. The molecule has 2 rings (SSSR count). The largest absolute Gasteiger partial charge is 0.384 e. The normalized spacial score (nSPS) is 20.1. The predicted octanol–water partition coefficient (Wildman–Crippen LogP) is 2.19. The molecule has 4 nitrogen and oxygen atoms in total. The van der Waals surface area contributed by atoms with Crippen molar-refractivity contribution >= 4 is 11.7 Å². The van der Waals surface area contributed by atoms with Crippen LogP contribution in [0.25, 0.3) is 0 Å². The fourth-order valence-electron chi connectivity index (χ4n) is 2.74. The Morgan fingerprint density at radius 3 is 3.05 bits per heavy atom. The van der Waals surface area contributed by atoms with Crippen molar-refractivity contribution in [1.29, 1.82) is 0 Å². The second-order valence-electron chi connectivity index (χ2n) is 5.81. The van der Waals surface area contributed by atoms with Gasteiger partial charge in [0.25, 0.3) is 0 Å². The van der Waals surface area contributed by atoms with Crippen LogP contribution in [-0.2, 0) is 4.79 Å². The molecule has 1 unspecified atom stereocenters. The van der Waals surface area contributed by atoms with E-state index in [0.717, 1.165) is 24.8 Å². The van der Waals surface area contributed by atoms with E-state index in [0.29, 0.717) is 5.82 Å². The molecule has 0 radical (unpaired) electrons. The predicted molar refractivity (Wildman–Crippen MR) is 78.0 cm³/mol. The fourth-order valence-corrected chi connectivity index (χ4v) is 2.74. The van der Waals surface area contributed by atoms with Crippen LogP contribution in [0.2, 0.25) is 0 Å². The SMILES string of the molecule is CC1(C)CCCC1C(=O)Nc1cc(C#CCO)ccn1. The monoisotopic (exact) mass is 272 g/mol. The highest BCUT2D eigenvalue weighted by Crippen LogP contribution is 2.42. The van der Waals surface area contributed by atoms with E-state index in [1.807, 2.05) is 0 Å². The molecule has 1 amide bonds. The molecular weight excluding hydrogens is 252 g/mol. The van der Waals surface area contributed by atoms with Gasteiger partial charge in [-0.15, -0.1) is 0 Å². The Morgan fingerprint density at radius 1 is 1.60 bits per heavy atom. The fraction of sp³-hybridized carbons (Fsp3) is 0.500. The van der Waals surface area contributed by atoms with Crippen molar-refractivity contribution < 1.29 is 9.90 Å². The van der Waals surface area contributed by atoms with Gasteiger partial charge >= 0.3 is 0 Å². The molecule has 1 saturated carbocycles. The lowest BCUT2D eigenvalue weighted by Gasteiger charge is -2.25. The first-order valence-electron chi connectivity index (χ1n) is 6.89. The highest BCUT2D eigenvalue weighted by atomic mass is 16.2. The van der Waals surface area contributed by atoms with Crippen molar-refractivity contribution in [2.45, 2.75) is 33.1 Å². The summed E-state index contributed by atoms with van der Waals surface area (Å²) in [6.07, 6.45) is 4.72. The number of carbonyl (C=O) groups is 1. The number of amides is 1. The number of aliphatic hydroxyl groups excluding tert-OH is 1. The number of pyridine rings is 1. The van der Waals surface area contributed by atoms with Crippen molar-refractivity contribution in [1.82, 2.24) is 4.98 Å². The summed E-state index contributed by atoms with van der Waals surface area (Å²) in [6.45, 7) is 4.10. The highest BCUT2D eigenvalue weighted by Gasteiger charge is 2.39. The summed E-state index contributed by atoms with van der Waals surface area (Å²) in [7, 11) is 0. The zero-order chi connectivity index (χ0) is 14.6. The average molecular weight is 272 g/mol. The van der Waals surface area contributed by atoms with Crippen molar-refractivity contribution in [2.75, 3.05) is 11.9 Å². The zero-order valence-corrected chi connectivity index (χ0v) is 11.9. The van der Waals surface area contributed by atoms with Crippen molar-refractivity contribution in [2.24, 2.45) is 11.3 Å². The number of nitrogens with zero attached hydrogens (tertiary/aromatic N) is 1. The zero-order valence-electron chi connectivity index (χ0n) is 11.9. The van der Waals surface area contributed by atoms with Crippen LogP contribution in [0.15, 0.2) is 18.3 Å². The standard InChI is InChI=1S/C16H20N2O2/c1-16(2)8-3-6-13(16)15(20)18-14-11-12(5-4-10-19)7-9-17-14/h7,9,11,13,19H,3,6,8,10H2,1-2H3,(H,17,18,20). The van der Waals surface area contributed by atoms with E-state index in [4.69, 9.17) is 5.11 Å². The van der Waals surface area contributed by atoms with Crippen LogP contribution in [0.4, 0.5) is 5.82 Å². The third-order valence-corrected chi connectivity index (χ3v) is 3.90. The number of nitrogens with one attached hydrogen (secondary N) is 1.